The molecule has 25 heavy (non-hydrogen) atoms. The number of nitriles is 1. The standard InChI is InChI=1S/C17H15ClN6O/c1-10(2)15(22-14-4-3-12(18)13(9-19)21-14)17-23-16(24-25-17)11-5-7-20-8-6-11/h3-8,10,15H,1-2H3,(H,21,22). The van der Waals surface area contributed by atoms with E-state index in [-0.39, 0.29) is 17.7 Å². The predicted molar refractivity (Wildman–Crippen MR) is 92.7 cm³/mol. The van der Waals surface area contributed by atoms with Gasteiger partial charge in [0.2, 0.25) is 11.7 Å². The van der Waals surface area contributed by atoms with Crippen molar-refractivity contribution in [2.45, 2.75) is 19.9 Å². The molecule has 3 rings (SSSR count). The van der Waals surface area contributed by atoms with Crippen LogP contribution in [-0.2, 0) is 0 Å². The van der Waals surface area contributed by atoms with Crippen LogP contribution in [0.25, 0.3) is 11.4 Å². The van der Waals surface area contributed by atoms with Crippen molar-refractivity contribution in [1.29, 1.82) is 5.26 Å². The lowest BCUT2D eigenvalue weighted by Crippen LogP contribution is -2.18. The number of hydrogen-bond acceptors (Lipinski definition) is 7. The first-order valence-electron chi connectivity index (χ1n) is 7.65. The van der Waals surface area contributed by atoms with Crippen LogP contribution >= 0.6 is 11.6 Å². The van der Waals surface area contributed by atoms with Crippen LogP contribution in [0, 0.1) is 17.2 Å². The van der Waals surface area contributed by atoms with Crippen LogP contribution in [0.2, 0.25) is 5.02 Å². The minimum absolute atomic E-state index is 0.147. The molecule has 0 amide bonds. The molecule has 0 aromatic carbocycles. The number of halogens is 1. The Morgan fingerprint density at radius 2 is 1.92 bits per heavy atom. The van der Waals surface area contributed by atoms with Gasteiger partial charge >= 0.3 is 0 Å². The lowest BCUT2D eigenvalue weighted by atomic mass is 10.0. The maximum atomic E-state index is 9.06. The Bertz CT molecular complexity index is 903. The summed E-state index contributed by atoms with van der Waals surface area (Å²) < 4.78 is 5.43. The van der Waals surface area contributed by atoms with E-state index >= 15 is 0 Å². The van der Waals surface area contributed by atoms with Crippen LogP contribution in [-0.4, -0.2) is 20.1 Å². The van der Waals surface area contributed by atoms with Crippen molar-refractivity contribution >= 4 is 17.4 Å². The van der Waals surface area contributed by atoms with Gasteiger partial charge in [-0.25, -0.2) is 4.98 Å². The third-order valence-corrected chi connectivity index (χ3v) is 3.87. The highest BCUT2D eigenvalue weighted by Crippen LogP contribution is 2.27. The van der Waals surface area contributed by atoms with E-state index in [9.17, 15) is 0 Å². The van der Waals surface area contributed by atoms with E-state index in [4.69, 9.17) is 21.4 Å². The van der Waals surface area contributed by atoms with Crippen LogP contribution in [0.15, 0.2) is 41.2 Å². The highest BCUT2D eigenvalue weighted by Gasteiger charge is 2.23. The second-order valence-corrected chi connectivity index (χ2v) is 6.10. The van der Waals surface area contributed by atoms with Gasteiger partial charge in [-0.2, -0.15) is 10.2 Å². The van der Waals surface area contributed by atoms with Gasteiger partial charge in [-0.05, 0) is 30.2 Å². The molecule has 0 aliphatic rings. The average molecular weight is 355 g/mol. The number of aromatic nitrogens is 4. The summed E-state index contributed by atoms with van der Waals surface area (Å²) in [5, 5.41) is 16.6. The third-order valence-electron chi connectivity index (χ3n) is 3.57. The van der Waals surface area contributed by atoms with E-state index < -0.39 is 0 Å². The lowest BCUT2D eigenvalue weighted by Gasteiger charge is -2.19. The van der Waals surface area contributed by atoms with Crippen LogP contribution in [0.1, 0.15) is 31.5 Å². The minimum Gasteiger partial charge on any atom is -0.358 e. The van der Waals surface area contributed by atoms with Gasteiger partial charge < -0.3 is 9.84 Å². The Morgan fingerprint density at radius 3 is 2.60 bits per heavy atom. The van der Waals surface area contributed by atoms with Crippen molar-refractivity contribution in [3.63, 3.8) is 0 Å². The molecule has 0 saturated heterocycles. The smallest absolute Gasteiger partial charge is 0.249 e. The highest BCUT2D eigenvalue weighted by molar-refractivity contribution is 6.31. The van der Waals surface area contributed by atoms with Gasteiger partial charge in [0.05, 0.1) is 5.02 Å². The fourth-order valence-electron chi connectivity index (χ4n) is 2.25. The van der Waals surface area contributed by atoms with E-state index in [1.54, 1.807) is 24.5 Å². The van der Waals surface area contributed by atoms with Crippen molar-refractivity contribution in [2.75, 3.05) is 5.32 Å². The number of pyridine rings is 2. The van der Waals surface area contributed by atoms with Crippen molar-refractivity contribution in [1.82, 2.24) is 20.1 Å². The third kappa shape index (κ3) is 3.75. The maximum Gasteiger partial charge on any atom is 0.249 e. The van der Waals surface area contributed by atoms with Crippen LogP contribution in [0.4, 0.5) is 5.82 Å². The van der Waals surface area contributed by atoms with Crippen molar-refractivity contribution in [3.05, 3.63) is 53.3 Å². The Morgan fingerprint density at radius 1 is 1.16 bits per heavy atom. The fraction of sp³-hybridized carbons (Fsp3) is 0.235. The first kappa shape index (κ1) is 16.9. The molecule has 3 heterocycles. The van der Waals surface area contributed by atoms with Gasteiger partial charge in [-0.15, -0.1) is 0 Å². The number of anilines is 1. The molecular formula is C17H15ClN6O. The number of hydrogen-bond donors (Lipinski definition) is 1. The number of nitrogens with one attached hydrogen (secondary N) is 1. The highest BCUT2D eigenvalue weighted by atomic mass is 35.5. The molecule has 3 aromatic heterocycles. The van der Waals surface area contributed by atoms with Gasteiger partial charge in [-0.1, -0.05) is 30.6 Å². The Labute approximate surface area is 149 Å². The zero-order chi connectivity index (χ0) is 17.8. The van der Waals surface area contributed by atoms with Gasteiger partial charge in [-0.3, -0.25) is 4.98 Å². The molecule has 126 valence electrons. The molecule has 8 heteroatoms. The van der Waals surface area contributed by atoms with Gasteiger partial charge in [0.1, 0.15) is 17.9 Å². The van der Waals surface area contributed by atoms with Gasteiger partial charge in [0.25, 0.3) is 0 Å². The first-order valence-corrected chi connectivity index (χ1v) is 8.03. The second kappa shape index (κ2) is 7.28. The van der Waals surface area contributed by atoms with E-state index in [1.807, 2.05) is 32.0 Å². The molecule has 7 nitrogen and oxygen atoms in total. The minimum atomic E-state index is -0.261. The molecule has 0 saturated carbocycles. The van der Waals surface area contributed by atoms with Gasteiger partial charge in [0, 0.05) is 18.0 Å². The summed E-state index contributed by atoms with van der Waals surface area (Å²) in [7, 11) is 0. The van der Waals surface area contributed by atoms with E-state index in [1.165, 1.54) is 0 Å². The second-order valence-electron chi connectivity index (χ2n) is 5.70. The fourth-order valence-corrected chi connectivity index (χ4v) is 2.40. The maximum absolute atomic E-state index is 9.06. The molecule has 0 bridgehead atoms. The monoisotopic (exact) mass is 354 g/mol. The largest absolute Gasteiger partial charge is 0.358 e. The van der Waals surface area contributed by atoms with E-state index in [2.05, 4.69) is 25.4 Å². The average Bonchev–Trinajstić information content (AvgIpc) is 3.11. The predicted octanol–water partition coefficient (Wildman–Crippen LogP) is 3.86. The quantitative estimate of drug-likeness (QED) is 0.742. The number of nitrogens with zero attached hydrogens (tertiary/aromatic N) is 5. The molecule has 1 atom stereocenters. The molecule has 1 N–H and O–H groups in total. The molecule has 0 fully saturated rings. The molecular weight excluding hydrogens is 340 g/mol. The van der Waals surface area contributed by atoms with E-state index in [0.29, 0.717) is 22.6 Å². The Kier molecular flexibility index (Phi) is 4.91. The zero-order valence-electron chi connectivity index (χ0n) is 13.6. The molecule has 3 aromatic rings. The molecule has 0 aliphatic carbocycles. The van der Waals surface area contributed by atoms with Crippen molar-refractivity contribution in [3.8, 4) is 17.5 Å². The lowest BCUT2D eigenvalue weighted by molar-refractivity contribution is 0.335. The zero-order valence-corrected chi connectivity index (χ0v) is 14.4. The molecule has 0 spiro atoms. The van der Waals surface area contributed by atoms with Crippen LogP contribution in [0.5, 0.6) is 0 Å². The Hall–Kier alpha value is -2.98. The molecule has 1 unspecified atom stereocenters. The van der Waals surface area contributed by atoms with Gasteiger partial charge in [0.15, 0.2) is 5.69 Å². The Balaban J connectivity index is 1.87. The van der Waals surface area contributed by atoms with Crippen molar-refractivity contribution < 1.29 is 4.52 Å². The summed E-state index contributed by atoms with van der Waals surface area (Å²) >= 11 is 5.92. The topological polar surface area (TPSA) is 101 Å². The van der Waals surface area contributed by atoms with Crippen LogP contribution in [0.3, 0.4) is 0 Å². The van der Waals surface area contributed by atoms with Crippen LogP contribution < -0.4 is 5.32 Å². The normalized spacial score (nSPS) is 12.0. The molecule has 0 radical (unpaired) electrons. The SMILES string of the molecule is CC(C)C(Nc1ccc(Cl)c(C#N)n1)c1nc(-c2ccncc2)no1. The summed E-state index contributed by atoms with van der Waals surface area (Å²) in [5.41, 5.74) is 0.987. The van der Waals surface area contributed by atoms with Crippen molar-refractivity contribution in [2.24, 2.45) is 5.92 Å². The summed E-state index contributed by atoms with van der Waals surface area (Å²) in [4.78, 5) is 12.6. The molecule has 0 aliphatic heterocycles. The number of rotatable bonds is 5. The summed E-state index contributed by atoms with van der Waals surface area (Å²) in [6, 6.07) is 8.66. The summed E-state index contributed by atoms with van der Waals surface area (Å²) in [5.74, 6) is 1.60. The van der Waals surface area contributed by atoms with E-state index in [0.717, 1.165) is 5.56 Å². The summed E-state index contributed by atoms with van der Waals surface area (Å²) in [6.07, 6.45) is 3.34. The summed E-state index contributed by atoms with van der Waals surface area (Å²) in [6.45, 7) is 4.05. The first-order chi connectivity index (χ1) is 12.1.